The summed E-state index contributed by atoms with van der Waals surface area (Å²) in [6.07, 6.45) is 1.76. The smallest absolute Gasteiger partial charge is 0.166 e. The van der Waals surface area contributed by atoms with Crippen molar-refractivity contribution < 1.29 is 9.53 Å². The monoisotopic (exact) mass is 437 g/mol. The maximum absolute atomic E-state index is 13.7. The van der Waals surface area contributed by atoms with Gasteiger partial charge in [-0.1, -0.05) is 80.6 Å². The number of nitrogens with zero attached hydrogens (tertiary/aromatic N) is 1. The molecule has 2 bridgehead atoms. The van der Waals surface area contributed by atoms with E-state index in [1.807, 2.05) is 0 Å². The molecule has 33 heavy (non-hydrogen) atoms. The molecule has 1 aliphatic carbocycles. The summed E-state index contributed by atoms with van der Waals surface area (Å²) < 4.78 is 5.91. The van der Waals surface area contributed by atoms with Crippen molar-refractivity contribution in [3.05, 3.63) is 95.1 Å². The van der Waals surface area contributed by atoms with Gasteiger partial charge in [-0.25, -0.2) is 0 Å². The number of Topliss-reactive ketones (excluding diaryl/α,β-unsaturated/α-hetero) is 1. The predicted molar refractivity (Wildman–Crippen MR) is 131 cm³/mol. The van der Waals surface area contributed by atoms with Crippen LogP contribution in [0.15, 0.2) is 72.8 Å². The Hall–Kier alpha value is -2.75. The lowest BCUT2D eigenvalue weighted by Gasteiger charge is -2.48. The van der Waals surface area contributed by atoms with Crippen molar-refractivity contribution in [3.8, 4) is 11.1 Å². The summed E-state index contributed by atoms with van der Waals surface area (Å²) in [5.41, 5.74) is 7.33. The van der Waals surface area contributed by atoms with Gasteiger partial charge in [0.15, 0.2) is 5.78 Å². The number of carbonyl (C=O) groups excluding carboxylic acids is 1. The Balaban J connectivity index is 1.25. The molecule has 2 fully saturated rings. The van der Waals surface area contributed by atoms with Gasteiger partial charge in [-0.15, -0.1) is 0 Å². The molecule has 0 spiro atoms. The SMILES string of the molecule is CC1(C)c2ccccc2-c2ccc(C(=O)C3CC4COCC(C3)N4Cc3ccccc3)cc21. The Morgan fingerprint density at radius 2 is 1.55 bits per heavy atom. The molecule has 168 valence electrons. The van der Waals surface area contributed by atoms with Gasteiger partial charge in [0.1, 0.15) is 0 Å². The lowest BCUT2D eigenvalue weighted by Crippen LogP contribution is -2.57. The molecule has 0 saturated carbocycles. The average molecular weight is 438 g/mol. The minimum atomic E-state index is -0.0778. The molecule has 0 radical (unpaired) electrons. The van der Waals surface area contributed by atoms with Crippen molar-refractivity contribution in [1.29, 1.82) is 0 Å². The maximum Gasteiger partial charge on any atom is 0.166 e. The minimum absolute atomic E-state index is 0.0702. The van der Waals surface area contributed by atoms with Crippen molar-refractivity contribution in [3.63, 3.8) is 0 Å². The summed E-state index contributed by atoms with van der Waals surface area (Å²) in [5, 5.41) is 0. The van der Waals surface area contributed by atoms with Gasteiger partial charge in [-0.2, -0.15) is 0 Å². The number of carbonyl (C=O) groups is 1. The summed E-state index contributed by atoms with van der Waals surface area (Å²) in [7, 11) is 0. The van der Waals surface area contributed by atoms with E-state index < -0.39 is 0 Å². The average Bonchev–Trinajstić information content (AvgIpc) is 3.06. The molecule has 2 aliphatic heterocycles. The van der Waals surface area contributed by atoms with Crippen molar-refractivity contribution in [2.45, 2.75) is 50.7 Å². The van der Waals surface area contributed by atoms with Crippen molar-refractivity contribution >= 4 is 5.78 Å². The highest BCUT2D eigenvalue weighted by atomic mass is 16.5. The lowest BCUT2D eigenvalue weighted by molar-refractivity contribution is -0.0872. The van der Waals surface area contributed by atoms with Crippen LogP contribution in [0.5, 0.6) is 0 Å². The first-order valence-electron chi connectivity index (χ1n) is 12.2. The van der Waals surface area contributed by atoms with Crippen LogP contribution in [0.2, 0.25) is 0 Å². The number of hydrogen-bond acceptors (Lipinski definition) is 3. The first-order chi connectivity index (χ1) is 16.0. The fraction of sp³-hybridized carbons (Fsp3) is 0.367. The highest BCUT2D eigenvalue weighted by Gasteiger charge is 2.42. The third-order valence-electron chi connectivity index (χ3n) is 8.12. The van der Waals surface area contributed by atoms with Gasteiger partial charge in [-0.3, -0.25) is 9.69 Å². The number of rotatable bonds is 4. The number of ketones is 1. The fourth-order valence-electron chi connectivity index (χ4n) is 6.35. The molecule has 3 nitrogen and oxygen atoms in total. The highest BCUT2D eigenvalue weighted by molar-refractivity contribution is 5.99. The Morgan fingerprint density at radius 1 is 0.879 bits per heavy atom. The van der Waals surface area contributed by atoms with Gasteiger partial charge in [0.05, 0.1) is 13.2 Å². The van der Waals surface area contributed by atoms with Crippen LogP contribution in [0.3, 0.4) is 0 Å². The number of piperidine rings is 1. The molecule has 0 aromatic heterocycles. The molecule has 0 N–H and O–H groups in total. The van der Waals surface area contributed by atoms with Crippen LogP contribution >= 0.6 is 0 Å². The van der Waals surface area contributed by atoms with E-state index in [0.29, 0.717) is 17.9 Å². The zero-order chi connectivity index (χ0) is 22.6. The number of ether oxygens (including phenoxy) is 1. The van der Waals surface area contributed by atoms with E-state index in [1.54, 1.807) is 0 Å². The molecule has 6 rings (SSSR count). The van der Waals surface area contributed by atoms with E-state index in [4.69, 9.17) is 4.74 Å². The van der Waals surface area contributed by atoms with Crippen molar-refractivity contribution in [2.24, 2.45) is 5.92 Å². The summed E-state index contributed by atoms with van der Waals surface area (Å²) in [5.74, 6) is 0.377. The van der Waals surface area contributed by atoms with E-state index in [-0.39, 0.29) is 11.3 Å². The van der Waals surface area contributed by atoms with E-state index in [2.05, 4.69) is 91.5 Å². The lowest BCUT2D eigenvalue weighted by atomic mass is 9.78. The number of morpholine rings is 1. The molecule has 2 heterocycles. The van der Waals surface area contributed by atoms with E-state index in [0.717, 1.165) is 38.2 Å². The second-order valence-corrected chi connectivity index (χ2v) is 10.5. The quantitative estimate of drug-likeness (QED) is 0.479. The number of fused-ring (bicyclic) bond motifs is 5. The normalized spacial score (nSPS) is 25.3. The summed E-state index contributed by atoms with van der Waals surface area (Å²) in [4.78, 5) is 16.3. The Morgan fingerprint density at radius 3 is 2.30 bits per heavy atom. The van der Waals surface area contributed by atoms with E-state index in [1.165, 1.54) is 27.8 Å². The van der Waals surface area contributed by atoms with Gasteiger partial charge >= 0.3 is 0 Å². The zero-order valence-corrected chi connectivity index (χ0v) is 19.5. The first-order valence-corrected chi connectivity index (χ1v) is 12.2. The molecule has 0 amide bonds. The Labute approximate surface area is 196 Å². The van der Waals surface area contributed by atoms with E-state index in [9.17, 15) is 4.79 Å². The van der Waals surface area contributed by atoms with Crippen molar-refractivity contribution in [2.75, 3.05) is 13.2 Å². The molecule has 3 heteroatoms. The molecule has 2 unspecified atom stereocenters. The van der Waals surface area contributed by atoms with Gasteiger partial charge in [-0.05, 0) is 46.7 Å². The molecule has 2 atom stereocenters. The van der Waals surface area contributed by atoms with Crippen LogP contribution in [0.25, 0.3) is 11.1 Å². The minimum Gasteiger partial charge on any atom is -0.378 e. The van der Waals surface area contributed by atoms with Crippen LogP contribution in [-0.2, 0) is 16.7 Å². The molecule has 2 saturated heterocycles. The van der Waals surface area contributed by atoms with Gasteiger partial charge < -0.3 is 4.74 Å². The van der Waals surface area contributed by atoms with Crippen LogP contribution in [-0.4, -0.2) is 36.0 Å². The van der Waals surface area contributed by atoms with Crippen LogP contribution in [0.4, 0.5) is 0 Å². The maximum atomic E-state index is 13.7. The summed E-state index contributed by atoms with van der Waals surface area (Å²) in [6.45, 7) is 6.93. The topological polar surface area (TPSA) is 29.5 Å². The second kappa shape index (κ2) is 7.93. The van der Waals surface area contributed by atoms with Gasteiger partial charge in [0, 0.05) is 35.5 Å². The zero-order valence-electron chi connectivity index (χ0n) is 19.5. The third kappa shape index (κ3) is 3.46. The number of hydrogen-bond donors (Lipinski definition) is 0. The summed E-state index contributed by atoms with van der Waals surface area (Å²) in [6, 6.07) is 26.3. The van der Waals surface area contributed by atoms with Crippen molar-refractivity contribution in [1.82, 2.24) is 4.90 Å². The third-order valence-corrected chi connectivity index (χ3v) is 8.12. The molecular weight excluding hydrogens is 406 g/mol. The van der Waals surface area contributed by atoms with Crippen LogP contribution in [0.1, 0.15) is 53.7 Å². The fourth-order valence-corrected chi connectivity index (χ4v) is 6.35. The molecule has 3 aromatic carbocycles. The Kier molecular flexibility index (Phi) is 5.01. The van der Waals surface area contributed by atoms with E-state index >= 15 is 0 Å². The van der Waals surface area contributed by atoms with Gasteiger partial charge in [0.25, 0.3) is 0 Å². The first kappa shape index (κ1) is 20.8. The van der Waals surface area contributed by atoms with Crippen LogP contribution < -0.4 is 0 Å². The van der Waals surface area contributed by atoms with Gasteiger partial charge in [0.2, 0.25) is 0 Å². The van der Waals surface area contributed by atoms with Crippen LogP contribution in [0, 0.1) is 5.92 Å². The molecular formula is C30H31NO2. The standard InChI is InChI=1S/C30H31NO2/c1-30(2)27-11-7-6-10-25(27)26-13-12-21(16-28(26)30)29(32)22-14-23-18-33-19-24(15-22)31(23)17-20-8-4-3-5-9-20/h3-13,16,22-24H,14-15,17-19H2,1-2H3. The highest BCUT2D eigenvalue weighted by Crippen LogP contribution is 2.49. The second-order valence-electron chi connectivity index (χ2n) is 10.5. The Bertz CT molecular complexity index is 1180. The summed E-state index contributed by atoms with van der Waals surface area (Å²) >= 11 is 0. The largest absolute Gasteiger partial charge is 0.378 e. The molecule has 3 aliphatic rings. The molecule has 3 aromatic rings. The predicted octanol–water partition coefficient (Wildman–Crippen LogP) is 5.86. The number of benzene rings is 3.